The van der Waals surface area contributed by atoms with Gasteiger partial charge < -0.3 is 10.6 Å². The van der Waals surface area contributed by atoms with Crippen LogP contribution in [0.25, 0.3) is 15.9 Å². The molecule has 0 bridgehead atoms. The van der Waals surface area contributed by atoms with Gasteiger partial charge in [-0.1, -0.05) is 23.5 Å². The number of nitrogen functional groups attached to an aromatic ring is 1. The van der Waals surface area contributed by atoms with E-state index in [4.69, 9.17) is 5.73 Å². The topological polar surface area (TPSA) is 77.0 Å². The number of benzene rings is 2. The number of hydrogen-bond donors (Lipinski definition) is 1. The summed E-state index contributed by atoms with van der Waals surface area (Å²) in [5, 5.41) is 4.72. The van der Waals surface area contributed by atoms with Crippen LogP contribution in [0, 0.1) is 0 Å². The van der Waals surface area contributed by atoms with Crippen molar-refractivity contribution in [1.82, 2.24) is 19.7 Å². The number of carbonyl (C=O) groups is 1. The van der Waals surface area contributed by atoms with E-state index in [1.54, 1.807) is 28.9 Å². The predicted molar refractivity (Wildman–Crippen MR) is 103 cm³/mol. The van der Waals surface area contributed by atoms with Gasteiger partial charge >= 0.3 is 0 Å². The van der Waals surface area contributed by atoms with Gasteiger partial charge in [-0.2, -0.15) is 5.10 Å². The van der Waals surface area contributed by atoms with Crippen molar-refractivity contribution in [3.8, 4) is 5.69 Å². The number of amides is 1. The lowest BCUT2D eigenvalue weighted by Gasteiger charge is -2.17. The Kier molecular flexibility index (Phi) is 4.14. The van der Waals surface area contributed by atoms with Gasteiger partial charge in [-0.25, -0.2) is 9.67 Å². The standard InChI is InChI=1S/C19H17N5OS/c1-23(12-13-3-6-15(7-4-13)24-10-2-9-21-24)18(25)14-5-8-17-16(11-14)22-19(20)26-17/h2-11H,12H2,1H3,(H2,20,22). The number of rotatable bonds is 4. The number of fused-ring (bicyclic) bond motifs is 1. The highest BCUT2D eigenvalue weighted by Crippen LogP contribution is 2.25. The van der Waals surface area contributed by atoms with E-state index in [0.29, 0.717) is 17.2 Å². The molecule has 2 aromatic carbocycles. The van der Waals surface area contributed by atoms with Crippen LogP contribution in [0.15, 0.2) is 60.9 Å². The Bertz CT molecular complexity index is 1050. The minimum Gasteiger partial charge on any atom is -0.375 e. The van der Waals surface area contributed by atoms with Crippen LogP contribution in [0.4, 0.5) is 5.13 Å². The molecule has 130 valence electrons. The Morgan fingerprint density at radius 3 is 2.77 bits per heavy atom. The molecule has 4 aromatic rings. The van der Waals surface area contributed by atoms with Gasteiger partial charge in [-0.05, 0) is 42.0 Å². The first-order valence-corrected chi connectivity index (χ1v) is 8.92. The van der Waals surface area contributed by atoms with Crippen LogP contribution >= 0.6 is 11.3 Å². The first-order chi connectivity index (χ1) is 12.6. The third-order valence-corrected chi connectivity index (χ3v) is 4.99. The molecule has 2 heterocycles. The summed E-state index contributed by atoms with van der Waals surface area (Å²) in [4.78, 5) is 18.7. The number of nitrogens with two attached hydrogens (primary N) is 1. The molecule has 0 spiro atoms. The summed E-state index contributed by atoms with van der Waals surface area (Å²) >= 11 is 1.42. The fourth-order valence-corrected chi connectivity index (χ4v) is 3.53. The third-order valence-electron chi connectivity index (χ3n) is 4.12. The van der Waals surface area contributed by atoms with Gasteiger partial charge in [0.1, 0.15) is 0 Å². The maximum Gasteiger partial charge on any atom is 0.253 e. The molecule has 0 saturated heterocycles. The largest absolute Gasteiger partial charge is 0.375 e. The average Bonchev–Trinajstić information content (AvgIpc) is 3.29. The Hall–Kier alpha value is -3.19. The summed E-state index contributed by atoms with van der Waals surface area (Å²) in [7, 11) is 1.79. The lowest BCUT2D eigenvalue weighted by atomic mass is 10.1. The fraction of sp³-hybridized carbons (Fsp3) is 0.105. The van der Waals surface area contributed by atoms with Gasteiger partial charge in [0.25, 0.3) is 5.91 Å². The van der Waals surface area contributed by atoms with Gasteiger partial charge in [0, 0.05) is 31.5 Å². The van der Waals surface area contributed by atoms with Crippen LogP contribution in [0.3, 0.4) is 0 Å². The molecular weight excluding hydrogens is 346 g/mol. The summed E-state index contributed by atoms with van der Waals surface area (Å²) in [6, 6.07) is 15.4. The molecule has 4 rings (SSSR count). The number of anilines is 1. The van der Waals surface area contributed by atoms with Crippen LogP contribution in [-0.2, 0) is 6.54 Å². The summed E-state index contributed by atoms with van der Waals surface area (Å²) in [5.74, 6) is -0.0466. The zero-order valence-corrected chi connectivity index (χ0v) is 15.0. The lowest BCUT2D eigenvalue weighted by molar-refractivity contribution is 0.0785. The summed E-state index contributed by atoms with van der Waals surface area (Å²) in [5.41, 5.74) is 9.14. The molecular formula is C19H17N5OS. The highest BCUT2D eigenvalue weighted by molar-refractivity contribution is 7.22. The van der Waals surface area contributed by atoms with Crippen molar-refractivity contribution in [2.24, 2.45) is 0 Å². The van der Waals surface area contributed by atoms with Crippen LogP contribution in [0.1, 0.15) is 15.9 Å². The first-order valence-electron chi connectivity index (χ1n) is 8.10. The number of hydrogen-bond acceptors (Lipinski definition) is 5. The second-order valence-electron chi connectivity index (χ2n) is 6.01. The van der Waals surface area contributed by atoms with E-state index in [-0.39, 0.29) is 5.91 Å². The second-order valence-corrected chi connectivity index (χ2v) is 7.08. The van der Waals surface area contributed by atoms with Gasteiger partial charge in [-0.3, -0.25) is 4.79 Å². The molecule has 0 radical (unpaired) electrons. The van der Waals surface area contributed by atoms with E-state index in [1.807, 2.05) is 48.7 Å². The molecule has 0 aliphatic rings. The summed E-state index contributed by atoms with van der Waals surface area (Å²) in [6.45, 7) is 0.523. The van der Waals surface area contributed by atoms with Crippen molar-refractivity contribution in [3.05, 3.63) is 72.1 Å². The van der Waals surface area contributed by atoms with Crippen molar-refractivity contribution >= 4 is 32.6 Å². The van der Waals surface area contributed by atoms with Crippen LogP contribution in [0.5, 0.6) is 0 Å². The Morgan fingerprint density at radius 1 is 1.23 bits per heavy atom. The molecule has 1 amide bonds. The van der Waals surface area contributed by atoms with E-state index < -0.39 is 0 Å². The van der Waals surface area contributed by atoms with Crippen LogP contribution in [-0.4, -0.2) is 32.6 Å². The number of carbonyl (C=O) groups excluding carboxylic acids is 1. The Balaban J connectivity index is 1.49. The molecule has 26 heavy (non-hydrogen) atoms. The average molecular weight is 363 g/mol. The van der Waals surface area contributed by atoms with Crippen molar-refractivity contribution in [2.75, 3.05) is 12.8 Å². The SMILES string of the molecule is CN(Cc1ccc(-n2cccn2)cc1)C(=O)c1ccc2sc(N)nc2c1. The molecule has 2 N–H and O–H groups in total. The van der Waals surface area contributed by atoms with Crippen molar-refractivity contribution in [1.29, 1.82) is 0 Å². The normalized spacial score (nSPS) is 11.0. The molecule has 0 unspecified atom stereocenters. The highest BCUT2D eigenvalue weighted by atomic mass is 32.1. The predicted octanol–water partition coefficient (Wildman–Crippen LogP) is 3.34. The van der Waals surface area contributed by atoms with E-state index >= 15 is 0 Å². The minimum atomic E-state index is -0.0466. The van der Waals surface area contributed by atoms with E-state index in [0.717, 1.165) is 21.5 Å². The fourth-order valence-electron chi connectivity index (χ4n) is 2.82. The molecule has 0 fully saturated rings. The molecule has 0 atom stereocenters. The monoisotopic (exact) mass is 363 g/mol. The van der Waals surface area contributed by atoms with Crippen molar-refractivity contribution in [2.45, 2.75) is 6.54 Å². The van der Waals surface area contributed by atoms with Crippen molar-refractivity contribution < 1.29 is 4.79 Å². The summed E-state index contributed by atoms with van der Waals surface area (Å²) in [6.07, 6.45) is 3.64. The maximum atomic E-state index is 12.7. The zero-order valence-electron chi connectivity index (χ0n) is 14.2. The number of nitrogens with zero attached hydrogens (tertiary/aromatic N) is 4. The van der Waals surface area contributed by atoms with E-state index in [9.17, 15) is 4.79 Å². The minimum absolute atomic E-state index is 0.0466. The smallest absolute Gasteiger partial charge is 0.253 e. The van der Waals surface area contributed by atoms with Gasteiger partial charge in [0.15, 0.2) is 5.13 Å². The molecule has 2 aromatic heterocycles. The molecule has 0 aliphatic heterocycles. The third kappa shape index (κ3) is 3.16. The molecule has 7 heteroatoms. The molecule has 6 nitrogen and oxygen atoms in total. The number of aromatic nitrogens is 3. The van der Waals surface area contributed by atoms with E-state index in [1.165, 1.54) is 11.3 Å². The lowest BCUT2D eigenvalue weighted by Crippen LogP contribution is -2.26. The quantitative estimate of drug-likeness (QED) is 0.603. The van der Waals surface area contributed by atoms with Crippen LogP contribution < -0.4 is 5.73 Å². The number of thiazole rings is 1. The van der Waals surface area contributed by atoms with Gasteiger partial charge in [-0.15, -0.1) is 0 Å². The van der Waals surface area contributed by atoms with Crippen molar-refractivity contribution in [3.63, 3.8) is 0 Å². The van der Waals surface area contributed by atoms with Gasteiger partial charge in [0.2, 0.25) is 0 Å². The first kappa shape index (κ1) is 16.3. The highest BCUT2D eigenvalue weighted by Gasteiger charge is 2.14. The molecule has 0 aliphatic carbocycles. The molecule has 0 saturated carbocycles. The zero-order chi connectivity index (χ0) is 18.1. The Labute approximate surface area is 154 Å². The van der Waals surface area contributed by atoms with Crippen LogP contribution in [0.2, 0.25) is 0 Å². The van der Waals surface area contributed by atoms with Gasteiger partial charge in [0.05, 0.1) is 15.9 Å². The maximum absolute atomic E-state index is 12.7. The Morgan fingerprint density at radius 2 is 2.04 bits per heavy atom. The summed E-state index contributed by atoms with van der Waals surface area (Å²) < 4.78 is 2.78. The second kappa shape index (κ2) is 6.61. The van der Waals surface area contributed by atoms with E-state index in [2.05, 4.69) is 10.1 Å².